The molecule has 0 saturated carbocycles. The number of nitrogens with two attached hydrogens (primary N) is 1. The number of nitrogens with one attached hydrogen (secondary N) is 2. The van der Waals surface area contributed by atoms with Crippen molar-refractivity contribution in [3.05, 3.63) is 53.4 Å². The number of carbonyl (C=O) groups excluding carboxylic acids is 3. The molecule has 0 unspecified atom stereocenters. The molecule has 0 radical (unpaired) electrons. The number of benzene rings is 1. The summed E-state index contributed by atoms with van der Waals surface area (Å²) in [4.78, 5) is 41.1. The molecule has 3 heterocycles. The normalized spacial score (nSPS) is 13.8. The van der Waals surface area contributed by atoms with E-state index in [0.717, 1.165) is 5.56 Å². The van der Waals surface area contributed by atoms with Crippen LogP contribution in [0.5, 0.6) is 5.75 Å². The molecule has 30 heavy (non-hydrogen) atoms. The van der Waals surface area contributed by atoms with E-state index in [1.807, 2.05) is 11.4 Å². The fraction of sp³-hybridized carbons (Fsp3) is 0.200. The fourth-order valence-corrected chi connectivity index (χ4v) is 3.44. The van der Waals surface area contributed by atoms with Crippen LogP contribution < -0.4 is 21.1 Å². The molecule has 10 heteroatoms. The molecule has 10 nitrogen and oxygen atoms in total. The summed E-state index contributed by atoms with van der Waals surface area (Å²) in [5.41, 5.74) is 7.61. The zero-order valence-electron chi connectivity index (χ0n) is 16.0. The molecular formula is C20H19N5O5. The van der Waals surface area contributed by atoms with E-state index in [0.29, 0.717) is 40.4 Å². The summed E-state index contributed by atoms with van der Waals surface area (Å²) in [6, 6.07) is 7.18. The highest BCUT2D eigenvalue weighted by Gasteiger charge is 2.31. The molecule has 4 N–H and O–H groups in total. The van der Waals surface area contributed by atoms with Crippen molar-refractivity contribution in [1.29, 1.82) is 0 Å². The number of ether oxygens (including phenoxy) is 1. The average molecular weight is 409 g/mol. The van der Waals surface area contributed by atoms with Gasteiger partial charge in [0.25, 0.3) is 5.91 Å². The minimum absolute atomic E-state index is 0.130. The van der Waals surface area contributed by atoms with Crippen molar-refractivity contribution >= 4 is 35.1 Å². The monoisotopic (exact) mass is 409 g/mol. The van der Waals surface area contributed by atoms with Crippen molar-refractivity contribution in [3.63, 3.8) is 0 Å². The number of urea groups is 1. The van der Waals surface area contributed by atoms with Gasteiger partial charge in [-0.05, 0) is 23.8 Å². The Morgan fingerprint density at radius 3 is 3.00 bits per heavy atom. The molecule has 1 atom stereocenters. The second kappa shape index (κ2) is 7.74. The van der Waals surface area contributed by atoms with Gasteiger partial charge in [-0.2, -0.15) is 0 Å². The molecule has 4 rings (SSSR count). The zero-order valence-corrected chi connectivity index (χ0v) is 16.0. The molecular weight excluding hydrogens is 390 g/mol. The lowest BCUT2D eigenvalue weighted by Crippen LogP contribution is -2.42. The van der Waals surface area contributed by atoms with Gasteiger partial charge in [0.15, 0.2) is 0 Å². The number of carbonyl (C=O) groups is 3. The minimum atomic E-state index is -0.710. The first-order valence-electron chi connectivity index (χ1n) is 9.10. The molecule has 1 aliphatic heterocycles. The first-order chi connectivity index (χ1) is 14.5. The molecule has 154 valence electrons. The van der Waals surface area contributed by atoms with Gasteiger partial charge in [0.05, 0.1) is 7.11 Å². The van der Waals surface area contributed by atoms with E-state index in [2.05, 4.69) is 10.3 Å². The van der Waals surface area contributed by atoms with Gasteiger partial charge in [0.1, 0.15) is 29.0 Å². The minimum Gasteiger partial charge on any atom is -0.497 e. The third-order valence-electron chi connectivity index (χ3n) is 4.88. The average Bonchev–Trinajstić information content (AvgIpc) is 3.28. The Morgan fingerprint density at radius 1 is 1.40 bits per heavy atom. The summed E-state index contributed by atoms with van der Waals surface area (Å²) in [6.07, 6.45) is 1.84. The molecule has 0 aliphatic carbocycles. The highest BCUT2D eigenvalue weighted by Crippen LogP contribution is 2.30. The third-order valence-corrected chi connectivity index (χ3v) is 4.88. The van der Waals surface area contributed by atoms with Crippen molar-refractivity contribution in [1.82, 2.24) is 20.5 Å². The smallest absolute Gasteiger partial charge is 0.321 e. The number of fused-ring (bicyclic) bond motifs is 2. The maximum atomic E-state index is 12.9. The number of nitrogen functional groups attached to an aromatic ring is 1. The molecule has 4 amide bonds. The number of pyridine rings is 1. The van der Waals surface area contributed by atoms with Crippen molar-refractivity contribution in [2.24, 2.45) is 0 Å². The van der Waals surface area contributed by atoms with E-state index in [4.69, 9.17) is 14.9 Å². The van der Waals surface area contributed by atoms with Gasteiger partial charge < -0.3 is 25.1 Å². The quantitative estimate of drug-likeness (QED) is 0.525. The van der Waals surface area contributed by atoms with Crippen LogP contribution in [0, 0.1) is 0 Å². The molecule has 0 bridgehead atoms. The molecule has 0 fully saturated rings. The van der Waals surface area contributed by atoms with Crippen LogP contribution in [0.3, 0.4) is 0 Å². The number of rotatable bonds is 6. The summed E-state index contributed by atoms with van der Waals surface area (Å²) in [5.74, 6) is 1.10. The molecule has 0 spiro atoms. The second-order valence-electron chi connectivity index (χ2n) is 6.79. The van der Waals surface area contributed by atoms with Crippen molar-refractivity contribution < 1.29 is 23.5 Å². The number of amides is 4. The van der Waals surface area contributed by atoms with E-state index >= 15 is 0 Å². The number of imide groups is 1. The van der Waals surface area contributed by atoms with Gasteiger partial charge in [-0.25, -0.2) is 9.78 Å². The number of methoxy groups -OCH3 is 1. The Balaban J connectivity index is 1.62. The molecule has 0 saturated heterocycles. The number of aromatic nitrogens is 1. The van der Waals surface area contributed by atoms with Crippen molar-refractivity contribution in [3.8, 4) is 5.75 Å². The highest BCUT2D eigenvalue weighted by atomic mass is 16.5. The lowest BCUT2D eigenvalue weighted by atomic mass is 10.1. The van der Waals surface area contributed by atoms with Gasteiger partial charge >= 0.3 is 6.03 Å². The van der Waals surface area contributed by atoms with Crippen LogP contribution in [0.4, 0.5) is 10.6 Å². The Labute approximate surface area is 171 Å². The van der Waals surface area contributed by atoms with Crippen LogP contribution in [0.2, 0.25) is 0 Å². The lowest BCUT2D eigenvalue weighted by Gasteiger charge is -2.23. The van der Waals surface area contributed by atoms with Crippen molar-refractivity contribution in [2.45, 2.75) is 12.6 Å². The predicted octanol–water partition coefficient (Wildman–Crippen LogP) is 1.57. The largest absolute Gasteiger partial charge is 0.497 e. The molecule has 2 aromatic heterocycles. The van der Waals surface area contributed by atoms with Gasteiger partial charge in [-0.3, -0.25) is 14.9 Å². The first-order valence-corrected chi connectivity index (χ1v) is 9.10. The summed E-state index contributed by atoms with van der Waals surface area (Å²) in [6.45, 7) is 0.505. The topological polar surface area (TPSA) is 140 Å². The first kappa shape index (κ1) is 19.2. The standard InChI is InChI=1S/C20H19N5O5/c1-29-13-3-2-11-8-25(19(27)14(11)5-13)9-15(24-20(28)23-10-26)17-4-12-7-22-18(21)6-16(12)30-17/h2-7,10,15H,8-9H2,1H3,(H2,21,22)(H2,23,24,26,28)/t15-/m0/s1. The van der Waals surface area contributed by atoms with Crippen LogP contribution in [0.1, 0.15) is 27.7 Å². The van der Waals surface area contributed by atoms with E-state index in [1.54, 1.807) is 35.4 Å². The number of hydrogen-bond acceptors (Lipinski definition) is 7. The summed E-state index contributed by atoms with van der Waals surface area (Å²) < 4.78 is 11.0. The van der Waals surface area contributed by atoms with Gasteiger partial charge in [-0.1, -0.05) is 6.07 Å². The number of anilines is 1. The maximum absolute atomic E-state index is 12.9. The predicted molar refractivity (Wildman–Crippen MR) is 107 cm³/mol. The summed E-state index contributed by atoms with van der Waals surface area (Å²) >= 11 is 0. The fourth-order valence-electron chi connectivity index (χ4n) is 3.44. The number of furan rings is 1. The van der Waals surface area contributed by atoms with Crippen LogP contribution in [0.25, 0.3) is 11.0 Å². The van der Waals surface area contributed by atoms with E-state index < -0.39 is 12.1 Å². The molecule has 3 aromatic rings. The second-order valence-corrected chi connectivity index (χ2v) is 6.79. The highest BCUT2D eigenvalue weighted by molar-refractivity contribution is 5.98. The Hall–Kier alpha value is -4.08. The van der Waals surface area contributed by atoms with Crippen LogP contribution in [-0.4, -0.2) is 41.9 Å². The van der Waals surface area contributed by atoms with E-state index in [1.165, 1.54) is 7.11 Å². The number of nitrogens with zero attached hydrogens (tertiary/aromatic N) is 2. The SMILES string of the molecule is COc1ccc2c(c1)C(=O)N(C[C@H](NC(=O)NC=O)c1cc3cnc(N)cc3o1)C2. The molecule has 1 aliphatic rings. The summed E-state index contributed by atoms with van der Waals surface area (Å²) in [5, 5.41) is 5.39. The van der Waals surface area contributed by atoms with Gasteiger partial charge in [0, 0.05) is 36.3 Å². The number of hydrogen-bond donors (Lipinski definition) is 3. The lowest BCUT2D eigenvalue weighted by molar-refractivity contribution is -0.108. The Morgan fingerprint density at radius 2 is 2.23 bits per heavy atom. The maximum Gasteiger partial charge on any atom is 0.321 e. The van der Waals surface area contributed by atoms with E-state index in [9.17, 15) is 14.4 Å². The Bertz CT molecular complexity index is 1140. The third kappa shape index (κ3) is 3.62. The van der Waals surface area contributed by atoms with Crippen molar-refractivity contribution in [2.75, 3.05) is 19.4 Å². The van der Waals surface area contributed by atoms with Crippen LogP contribution >= 0.6 is 0 Å². The van der Waals surface area contributed by atoms with Crippen LogP contribution in [0.15, 0.2) is 40.9 Å². The molecule has 1 aromatic carbocycles. The summed E-state index contributed by atoms with van der Waals surface area (Å²) in [7, 11) is 1.54. The van der Waals surface area contributed by atoms with E-state index in [-0.39, 0.29) is 18.9 Å². The van der Waals surface area contributed by atoms with Crippen LogP contribution in [-0.2, 0) is 11.3 Å². The zero-order chi connectivity index (χ0) is 21.3. The van der Waals surface area contributed by atoms with Gasteiger partial charge in [0.2, 0.25) is 6.41 Å². The Kier molecular flexibility index (Phi) is 4.97. The van der Waals surface area contributed by atoms with Gasteiger partial charge in [-0.15, -0.1) is 0 Å².